The van der Waals surface area contributed by atoms with Crippen molar-refractivity contribution in [3.63, 3.8) is 0 Å². The molecule has 2 fully saturated rings. The van der Waals surface area contributed by atoms with E-state index < -0.39 is 0 Å². The summed E-state index contributed by atoms with van der Waals surface area (Å²) in [6.45, 7) is 7.09. The zero-order valence-corrected chi connectivity index (χ0v) is 25.3. The lowest BCUT2D eigenvalue weighted by Crippen LogP contribution is -2.41. The van der Waals surface area contributed by atoms with Gasteiger partial charge in [0.2, 0.25) is 17.7 Å². The number of aromatic nitrogens is 3. The quantitative estimate of drug-likeness (QED) is 0.170. The van der Waals surface area contributed by atoms with E-state index >= 15 is 0 Å². The molecule has 1 atom stereocenters. The maximum Gasteiger partial charge on any atom is 0.228 e. The second kappa shape index (κ2) is 13.3. The Hall–Kier alpha value is -4.66. The lowest BCUT2D eigenvalue weighted by atomic mass is 9.87. The number of aliphatic hydroxyl groups excluding tert-OH is 1. The van der Waals surface area contributed by atoms with Gasteiger partial charge >= 0.3 is 0 Å². The number of pyridine rings is 1. The molecule has 2 aromatic carbocycles. The maximum atomic E-state index is 13.0. The van der Waals surface area contributed by atoms with Crippen molar-refractivity contribution in [2.24, 2.45) is 5.92 Å². The monoisotopic (exact) mass is 592 g/mol. The molecule has 9 heteroatoms. The molecule has 1 aliphatic carbocycles. The third-order valence-electron chi connectivity index (χ3n) is 8.70. The fourth-order valence-corrected chi connectivity index (χ4v) is 6.39. The van der Waals surface area contributed by atoms with Crippen LogP contribution >= 0.6 is 0 Å². The minimum Gasteiger partial charge on any atom is -0.495 e. The number of nitrogens with zero attached hydrogens (tertiary/aromatic N) is 4. The summed E-state index contributed by atoms with van der Waals surface area (Å²) in [7, 11) is 0. The van der Waals surface area contributed by atoms with E-state index in [9.17, 15) is 9.90 Å². The number of nitrogens with one attached hydrogen (secondary N) is 2. The van der Waals surface area contributed by atoms with Gasteiger partial charge in [-0.1, -0.05) is 43.5 Å². The molecule has 2 aliphatic rings. The Labute approximate surface area is 258 Å². The van der Waals surface area contributed by atoms with Gasteiger partial charge in [-0.15, -0.1) is 0 Å². The van der Waals surface area contributed by atoms with E-state index in [1.807, 2.05) is 60.4 Å². The molecule has 44 heavy (non-hydrogen) atoms. The second-order valence-corrected chi connectivity index (χ2v) is 11.9. The minimum atomic E-state index is 0.0647. The number of carbonyl (C=O) groups excluding carboxylic acids is 1. The molecule has 1 saturated carbocycles. The Morgan fingerprint density at radius 1 is 1.00 bits per heavy atom. The summed E-state index contributed by atoms with van der Waals surface area (Å²) in [6.07, 6.45) is 11.9. The van der Waals surface area contributed by atoms with Crippen LogP contribution in [0.4, 0.5) is 11.6 Å². The molecule has 9 nitrogen and oxygen atoms in total. The maximum absolute atomic E-state index is 13.0. The van der Waals surface area contributed by atoms with Gasteiger partial charge in [-0.2, -0.15) is 0 Å². The number of ether oxygens (including phenoxy) is 1. The molecule has 2 aromatic heterocycles. The van der Waals surface area contributed by atoms with E-state index in [0.717, 1.165) is 59.8 Å². The van der Waals surface area contributed by atoms with Crippen molar-refractivity contribution in [3.8, 4) is 22.9 Å². The number of amides is 1. The van der Waals surface area contributed by atoms with Crippen LogP contribution in [0.1, 0.15) is 56.9 Å². The summed E-state index contributed by atoms with van der Waals surface area (Å²) < 4.78 is 6.57. The Morgan fingerprint density at radius 3 is 2.70 bits per heavy atom. The van der Waals surface area contributed by atoms with Gasteiger partial charge in [-0.05, 0) is 74.9 Å². The first-order chi connectivity index (χ1) is 21.4. The van der Waals surface area contributed by atoms with Gasteiger partial charge in [0.05, 0.1) is 11.3 Å². The highest BCUT2D eigenvalue weighted by Gasteiger charge is 2.22. The molecule has 6 rings (SSSR count). The fraction of sp³-hybridized carbons (Fsp3) is 0.371. The molecule has 228 valence electrons. The molecule has 1 aliphatic heterocycles. The van der Waals surface area contributed by atoms with Gasteiger partial charge in [0.25, 0.3) is 0 Å². The van der Waals surface area contributed by atoms with Crippen molar-refractivity contribution in [3.05, 3.63) is 79.0 Å². The summed E-state index contributed by atoms with van der Waals surface area (Å²) in [5, 5.41) is 18.2. The molecule has 1 amide bonds. The molecule has 3 heterocycles. The number of benzene rings is 2. The van der Waals surface area contributed by atoms with Crippen LogP contribution in [-0.4, -0.2) is 50.0 Å². The summed E-state index contributed by atoms with van der Waals surface area (Å²) in [4.78, 5) is 28.7. The smallest absolute Gasteiger partial charge is 0.228 e. The Bertz CT molecular complexity index is 1650. The highest BCUT2D eigenvalue weighted by molar-refractivity contribution is 6.04. The van der Waals surface area contributed by atoms with E-state index in [0.29, 0.717) is 42.2 Å². The molecule has 0 bridgehead atoms. The molecular weight excluding hydrogens is 552 g/mol. The van der Waals surface area contributed by atoms with Crippen LogP contribution in [0.5, 0.6) is 11.6 Å². The predicted octanol–water partition coefficient (Wildman–Crippen LogP) is 7.61. The van der Waals surface area contributed by atoms with Gasteiger partial charge in [0, 0.05) is 54.4 Å². The Balaban J connectivity index is 1.24. The summed E-state index contributed by atoms with van der Waals surface area (Å²) >= 11 is 0. The number of aryl methyl sites for hydroxylation is 1. The van der Waals surface area contributed by atoms with Crippen LogP contribution < -0.4 is 15.4 Å². The third-order valence-corrected chi connectivity index (χ3v) is 8.70. The van der Waals surface area contributed by atoms with Crippen LogP contribution in [0.3, 0.4) is 0 Å². The topological polar surface area (TPSA) is 113 Å². The van der Waals surface area contributed by atoms with Crippen molar-refractivity contribution < 1.29 is 14.6 Å². The number of piperidine rings is 1. The molecule has 3 N–H and O–H groups in total. The fourth-order valence-electron chi connectivity index (χ4n) is 6.39. The average molecular weight is 593 g/mol. The number of likely N-dealkylation sites (tertiary alicyclic amines) is 1. The SMILES string of the molecule is C=C(O)N1CCC[C@H](Nc2nccc(-c3cccnc3Oc3c(C)ccc4c(NC(=O)CC5CCCCC5)cccc34)n2)C1. The number of anilines is 2. The van der Waals surface area contributed by atoms with Crippen LogP contribution in [0.15, 0.2) is 73.4 Å². The van der Waals surface area contributed by atoms with E-state index in [-0.39, 0.29) is 17.8 Å². The largest absolute Gasteiger partial charge is 0.495 e. The molecule has 4 aromatic rings. The van der Waals surface area contributed by atoms with Gasteiger partial charge in [0.15, 0.2) is 5.88 Å². The summed E-state index contributed by atoms with van der Waals surface area (Å²) in [5.74, 6) is 2.24. The number of aliphatic hydroxyl groups is 1. The zero-order chi connectivity index (χ0) is 30.5. The van der Waals surface area contributed by atoms with Crippen LogP contribution in [0.25, 0.3) is 22.0 Å². The Kier molecular flexibility index (Phi) is 8.91. The summed E-state index contributed by atoms with van der Waals surface area (Å²) in [5.41, 5.74) is 3.16. The standard InChI is InChI=1S/C35H40N6O3/c1-23-15-16-27-28(12-6-14-30(27)39-32(43)21-25-9-4-3-5-10-25)33(23)44-34-29(13-7-18-36-34)31-17-19-37-35(40-31)38-26-11-8-20-41(22-26)24(2)42/h6-7,12-19,25-26,42H,2-5,8-11,20-22H2,1H3,(H,39,43)(H,37,38,40)/t26-/m0/s1. The molecular formula is C35H40N6O3. The predicted molar refractivity (Wildman–Crippen MR) is 174 cm³/mol. The first kappa shape index (κ1) is 29.4. The lowest BCUT2D eigenvalue weighted by Gasteiger charge is -2.33. The molecule has 0 unspecified atom stereocenters. The lowest BCUT2D eigenvalue weighted by molar-refractivity contribution is -0.117. The average Bonchev–Trinajstić information content (AvgIpc) is 3.03. The summed E-state index contributed by atoms with van der Waals surface area (Å²) in [6, 6.07) is 15.7. The van der Waals surface area contributed by atoms with Crippen molar-refractivity contribution in [1.29, 1.82) is 0 Å². The number of carbonyl (C=O) groups is 1. The first-order valence-electron chi connectivity index (χ1n) is 15.6. The highest BCUT2D eigenvalue weighted by atomic mass is 16.5. The van der Waals surface area contributed by atoms with E-state index in [2.05, 4.69) is 27.2 Å². The zero-order valence-electron chi connectivity index (χ0n) is 25.3. The Morgan fingerprint density at radius 2 is 1.86 bits per heavy atom. The van der Waals surface area contributed by atoms with Gasteiger partial charge in [-0.25, -0.2) is 15.0 Å². The number of fused-ring (bicyclic) bond motifs is 1. The molecule has 1 saturated heterocycles. The van der Waals surface area contributed by atoms with Crippen molar-refractivity contribution in [2.75, 3.05) is 23.7 Å². The van der Waals surface area contributed by atoms with E-state index in [1.165, 1.54) is 19.3 Å². The number of rotatable bonds is 9. The van der Waals surface area contributed by atoms with Gasteiger partial charge < -0.3 is 25.4 Å². The van der Waals surface area contributed by atoms with Crippen LogP contribution in [-0.2, 0) is 4.79 Å². The van der Waals surface area contributed by atoms with Crippen molar-refractivity contribution in [1.82, 2.24) is 19.9 Å². The van der Waals surface area contributed by atoms with Crippen molar-refractivity contribution in [2.45, 2.75) is 64.3 Å². The second-order valence-electron chi connectivity index (χ2n) is 11.9. The first-order valence-corrected chi connectivity index (χ1v) is 15.6. The van der Waals surface area contributed by atoms with E-state index in [1.54, 1.807) is 12.4 Å². The van der Waals surface area contributed by atoms with Gasteiger partial charge in [-0.3, -0.25) is 4.79 Å². The van der Waals surface area contributed by atoms with Gasteiger partial charge in [0.1, 0.15) is 5.75 Å². The van der Waals surface area contributed by atoms with Crippen LogP contribution in [0, 0.1) is 12.8 Å². The molecule has 0 radical (unpaired) electrons. The third kappa shape index (κ3) is 6.77. The highest BCUT2D eigenvalue weighted by Crippen LogP contribution is 2.39. The van der Waals surface area contributed by atoms with Crippen LogP contribution in [0.2, 0.25) is 0 Å². The molecule has 0 spiro atoms. The minimum absolute atomic E-state index is 0.0647. The normalized spacial score (nSPS) is 17.3. The number of hydrogen-bond donors (Lipinski definition) is 3. The van der Waals surface area contributed by atoms with Crippen molar-refractivity contribution >= 4 is 28.3 Å². The van der Waals surface area contributed by atoms with E-state index in [4.69, 9.17) is 9.72 Å². The number of hydrogen-bond acceptors (Lipinski definition) is 8.